The summed E-state index contributed by atoms with van der Waals surface area (Å²) in [6, 6.07) is 0. The van der Waals surface area contributed by atoms with Crippen molar-refractivity contribution in [1.82, 2.24) is 0 Å². The molecule has 5 unspecified atom stereocenters. The van der Waals surface area contributed by atoms with E-state index >= 15 is 0 Å². The van der Waals surface area contributed by atoms with Gasteiger partial charge in [-0.2, -0.15) is 0 Å². The summed E-state index contributed by atoms with van der Waals surface area (Å²) >= 11 is 0. The van der Waals surface area contributed by atoms with E-state index in [1.807, 2.05) is 13.8 Å². The maximum atomic E-state index is 12.3. The van der Waals surface area contributed by atoms with Gasteiger partial charge in [0.2, 0.25) is 0 Å². The van der Waals surface area contributed by atoms with Gasteiger partial charge >= 0.3 is 17.9 Å². The molecule has 3 fully saturated rings. The van der Waals surface area contributed by atoms with Gasteiger partial charge in [0.15, 0.2) is 31.1 Å². The van der Waals surface area contributed by atoms with Gasteiger partial charge in [0, 0.05) is 13.3 Å². The number of unbranched alkanes of at least 4 members (excludes halogenated alkanes) is 13. The second-order valence-corrected chi connectivity index (χ2v) is 19.6. The average Bonchev–Trinajstić information content (AvgIpc) is 3.29. The number of carboxylic acid groups (broad SMARTS) is 1. The minimum atomic E-state index is -1.90. The number of carbonyl (C=O) groups is 3. The maximum Gasteiger partial charge on any atom is 0.332 e. The van der Waals surface area contributed by atoms with Crippen LogP contribution in [-0.4, -0.2) is 182 Å². The van der Waals surface area contributed by atoms with Crippen molar-refractivity contribution in [1.29, 1.82) is 0 Å². The summed E-state index contributed by atoms with van der Waals surface area (Å²) in [4.78, 5) is 35.0. The Kier molecular flexibility index (Phi) is 29.7. The van der Waals surface area contributed by atoms with Crippen molar-refractivity contribution in [3.8, 4) is 0 Å². The van der Waals surface area contributed by atoms with Crippen molar-refractivity contribution in [3.05, 3.63) is 0 Å². The predicted octanol–water partition coefficient (Wildman–Crippen LogP) is 3.28. The zero-order chi connectivity index (χ0) is 50.9. The first-order chi connectivity index (χ1) is 32.9. The van der Waals surface area contributed by atoms with Crippen molar-refractivity contribution in [2.24, 2.45) is 5.92 Å². The third kappa shape index (κ3) is 22.7. The molecule has 16 atom stereocenters. The van der Waals surface area contributed by atoms with Crippen molar-refractivity contribution in [2.75, 3.05) is 19.8 Å². The fraction of sp³-hybridized carbons (Fsp3) is 0.939. The van der Waals surface area contributed by atoms with E-state index in [2.05, 4.69) is 6.92 Å². The average molecular weight is 997 g/mol. The molecule has 0 aliphatic carbocycles. The minimum absolute atomic E-state index is 0.0192. The van der Waals surface area contributed by atoms with E-state index in [9.17, 15) is 55.2 Å². The van der Waals surface area contributed by atoms with Gasteiger partial charge in [0.1, 0.15) is 61.5 Å². The summed E-state index contributed by atoms with van der Waals surface area (Å²) in [7, 11) is 0. The van der Waals surface area contributed by atoms with Crippen LogP contribution in [0.25, 0.3) is 0 Å². The molecule has 20 nitrogen and oxygen atoms in total. The van der Waals surface area contributed by atoms with Gasteiger partial charge in [0.05, 0.1) is 25.4 Å². The number of ether oxygens (including phenoxy) is 8. The lowest BCUT2D eigenvalue weighted by molar-refractivity contribution is -0.380. The molecule has 9 N–H and O–H groups in total. The Morgan fingerprint density at radius 1 is 0.609 bits per heavy atom. The number of carbonyl (C=O) groups excluding carboxylic acids is 2. The molecule has 0 amide bonds. The molecule has 0 saturated carbocycles. The minimum Gasteiger partial charge on any atom is -0.479 e. The normalized spacial score (nSPS) is 31.0. The van der Waals surface area contributed by atoms with Crippen LogP contribution in [0.1, 0.15) is 169 Å². The van der Waals surface area contributed by atoms with Gasteiger partial charge in [-0.05, 0) is 44.4 Å². The molecule has 0 aromatic rings. The van der Waals surface area contributed by atoms with E-state index in [0.29, 0.717) is 38.5 Å². The lowest BCUT2D eigenvalue weighted by Gasteiger charge is -2.46. The Labute approximate surface area is 408 Å². The number of aliphatic hydroxyl groups is 8. The van der Waals surface area contributed by atoms with E-state index in [-0.39, 0.29) is 25.0 Å². The molecule has 0 radical (unpaired) electrons. The van der Waals surface area contributed by atoms with Gasteiger partial charge in [-0.3, -0.25) is 9.59 Å². The SMILES string of the molecule is CCCCCCC(CCCC(O)CCCCCCCCCCCCCC(O)C(=O)O)O[C@H]1OC[C@H](O)[C@@H](O)[C@@H]1O[C@H]1OC[C@H](OC(C)=O)C(O)[C@@H]1O[C@H]1OC(COC(=O)CC(C)C)[C@H](O)[C@@H](O)[C@@H]1O. The lowest BCUT2D eigenvalue weighted by atomic mass is 9.98. The van der Waals surface area contributed by atoms with Crippen LogP contribution < -0.4 is 0 Å². The van der Waals surface area contributed by atoms with Crippen LogP contribution in [-0.2, 0) is 52.3 Å². The molecule has 404 valence electrons. The Bertz CT molecular complexity index is 1410. The highest BCUT2D eigenvalue weighted by Crippen LogP contribution is 2.33. The van der Waals surface area contributed by atoms with Crippen LogP contribution in [0, 0.1) is 5.92 Å². The van der Waals surface area contributed by atoms with Crippen LogP contribution in [0.15, 0.2) is 0 Å². The topological polar surface area (TPSA) is 307 Å². The largest absolute Gasteiger partial charge is 0.479 e. The van der Waals surface area contributed by atoms with Crippen LogP contribution in [0.5, 0.6) is 0 Å². The van der Waals surface area contributed by atoms with Gasteiger partial charge in [-0.1, -0.05) is 117 Å². The van der Waals surface area contributed by atoms with Crippen molar-refractivity contribution in [3.63, 3.8) is 0 Å². The maximum absolute atomic E-state index is 12.3. The summed E-state index contributed by atoms with van der Waals surface area (Å²) in [5.41, 5.74) is 0. The van der Waals surface area contributed by atoms with E-state index in [1.54, 1.807) is 0 Å². The number of carboxylic acids is 1. The van der Waals surface area contributed by atoms with Gasteiger partial charge in [-0.25, -0.2) is 4.79 Å². The number of hydrogen-bond donors (Lipinski definition) is 9. The van der Waals surface area contributed by atoms with Gasteiger partial charge < -0.3 is 83.9 Å². The van der Waals surface area contributed by atoms with Crippen molar-refractivity contribution in [2.45, 2.75) is 267 Å². The highest BCUT2D eigenvalue weighted by Gasteiger charge is 2.52. The van der Waals surface area contributed by atoms with Crippen LogP contribution in [0.2, 0.25) is 0 Å². The van der Waals surface area contributed by atoms with Crippen LogP contribution in [0.3, 0.4) is 0 Å². The molecule has 0 aromatic heterocycles. The molecule has 0 spiro atoms. The molecule has 69 heavy (non-hydrogen) atoms. The second kappa shape index (κ2) is 33.6. The molecule has 20 heteroatoms. The number of aliphatic hydroxyl groups excluding tert-OH is 8. The fourth-order valence-electron chi connectivity index (χ4n) is 8.83. The van der Waals surface area contributed by atoms with Crippen LogP contribution in [0.4, 0.5) is 0 Å². The van der Waals surface area contributed by atoms with Crippen molar-refractivity contribution >= 4 is 17.9 Å². The molecule has 0 bridgehead atoms. The molecular formula is C49H88O20. The van der Waals surface area contributed by atoms with Gasteiger partial charge in [0.25, 0.3) is 0 Å². The number of aliphatic carboxylic acids is 1. The Hall–Kier alpha value is -2.15. The predicted molar refractivity (Wildman–Crippen MR) is 247 cm³/mol. The van der Waals surface area contributed by atoms with E-state index in [4.69, 9.17) is 43.0 Å². The highest BCUT2D eigenvalue weighted by atomic mass is 16.8. The molecular weight excluding hydrogens is 909 g/mol. The number of hydrogen-bond acceptors (Lipinski definition) is 19. The Morgan fingerprint density at radius 3 is 1.75 bits per heavy atom. The fourth-order valence-corrected chi connectivity index (χ4v) is 8.83. The third-order valence-electron chi connectivity index (χ3n) is 13.0. The Morgan fingerprint density at radius 2 is 1.14 bits per heavy atom. The molecule has 3 aliphatic rings. The Balaban J connectivity index is 1.59. The number of esters is 2. The zero-order valence-electron chi connectivity index (χ0n) is 41.5. The van der Waals surface area contributed by atoms with E-state index < -0.39 is 123 Å². The van der Waals surface area contributed by atoms with Crippen LogP contribution >= 0.6 is 0 Å². The summed E-state index contributed by atoms with van der Waals surface area (Å²) in [6.07, 6.45) is -3.86. The van der Waals surface area contributed by atoms with Gasteiger partial charge in [-0.15, -0.1) is 0 Å². The molecule has 3 saturated heterocycles. The van der Waals surface area contributed by atoms with Crippen molar-refractivity contribution < 1.29 is 98.2 Å². The molecule has 0 aromatic carbocycles. The number of rotatable bonds is 35. The standard InChI is InChI=1S/C49H88O20/c1-5-6-7-18-23-33(24-20-22-32(51)21-17-15-13-11-9-8-10-12-14-16-19-25-34(52)46(60)61)66-48-44(39(55)35(53)27-63-48)69-49-45(41(57)37(29-64-49)65-31(4)50)68-47-43(59)42(58)40(56)36(67-47)28-62-38(54)26-30(2)3/h30,32-37,39-45,47-49,51-53,55-59H,5-29H2,1-4H3,(H,60,61)/t32?,33?,34?,35-,36?,37-,39+,40-,41?,42+,43-,44-,45-,47+,48+,49+/m0/s1. The first kappa shape index (κ1) is 61.2. The van der Waals surface area contributed by atoms with E-state index in [1.165, 1.54) is 0 Å². The smallest absolute Gasteiger partial charge is 0.332 e. The second-order valence-electron chi connectivity index (χ2n) is 19.6. The van der Waals surface area contributed by atoms with E-state index in [0.717, 1.165) is 103 Å². The monoisotopic (exact) mass is 997 g/mol. The third-order valence-corrected chi connectivity index (χ3v) is 13.0. The molecule has 3 aliphatic heterocycles. The summed E-state index contributed by atoms with van der Waals surface area (Å²) in [6.45, 7) is 5.68. The quantitative estimate of drug-likeness (QED) is 0.0325. The highest BCUT2D eigenvalue weighted by molar-refractivity contribution is 5.71. The molecule has 3 rings (SSSR count). The molecule has 3 heterocycles. The first-order valence-electron chi connectivity index (χ1n) is 25.8. The first-order valence-corrected chi connectivity index (χ1v) is 25.8. The summed E-state index contributed by atoms with van der Waals surface area (Å²) in [5.74, 6) is -2.51. The summed E-state index contributed by atoms with van der Waals surface area (Å²) < 4.78 is 46.9. The lowest BCUT2D eigenvalue weighted by Crippen LogP contribution is -2.65. The summed E-state index contributed by atoms with van der Waals surface area (Å²) in [5, 5.41) is 95.0. The zero-order valence-corrected chi connectivity index (χ0v) is 41.5.